The highest BCUT2D eigenvalue weighted by molar-refractivity contribution is 4.83. The molecule has 0 amide bonds. The number of nitrogens with one attached hydrogen (secondary N) is 1. The molecule has 2 N–H and O–H groups in total. The first-order chi connectivity index (χ1) is 5.89. The van der Waals surface area contributed by atoms with Gasteiger partial charge in [-0.3, -0.25) is 0 Å². The van der Waals surface area contributed by atoms with Gasteiger partial charge >= 0.3 is 0 Å². The summed E-state index contributed by atoms with van der Waals surface area (Å²) < 4.78 is 0. The maximum atomic E-state index is 10.0. The summed E-state index contributed by atoms with van der Waals surface area (Å²) in [6, 6.07) is 0. The van der Waals surface area contributed by atoms with E-state index in [0.717, 1.165) is 19.3 Å². The van der Waals surface area contributed by atoms with Crippen molar-refractivity contribution in [1.82, 2.24) is 5.32 Å². The van der Waals surface area contributed by atoms with E-state index in [4.69, 9.17) is 0 Å². The molecule has 0 aromatic heterocycles. The van der Waals surface area contributed by atoms with Gasteiger partial charge in [-0.25, -0.2) is 0 Å². The van der Waals surface area contributed by atoms with Crippen molar-refractivity contribution in [2.45, 2.75) is 65.0 Å². The summed E-state index contributed by atoms with van der Waals surface area (Å²) in [5.74, 6) is 0. The van der Waals surface area contributed by atoms with Crippen molar-refractivity contribution in [2.24, 2.45) is 0 Å². The van der Waals surface area contributed by atoms with Crippen LogP contribution in [0.4, 0.5) is 0 Å². The van der Waals surface area contributed by atoms with Crippen molar-refractivity contribution >= 4 is 0 Å². The highest BCUT2D eigenvalue weighted by Crippen LogP contribution is 2.15. The molecule has 0 rings (SSSR count). The van der Waals surface area contributed by atoms with Crippen LogP contribution in [0.1, 0.15) is 53.9 Å². The molecule has 0 aromatic rings. The maximum absolute atomic E-state index is 10.0. The molecule has 0 spiro atoms. The predicted molar refractivity (Wildman–Crippen MR) is 57.9 cm³/mol. The number of aliphatic hydroxyl groups is 1. The van der Waals surface area contributed by atoms with E-state index >= 15 is 0 Å². The predicted octanol–water partition coefficient (Wildman–Crippen LogP) is 2.32. The van der Waals surface area contributed by atoms with Gasteiger partial charge in [0.2, 0.25) is 0 Å². The first-order valence-electron chi connectivity index (χ1n) is 5.36. The van der Waals surface area contributed by atoms with Crippen molar-refractivity contribution in [3.63, 3.8) is 0 Å². The number of hydrogen-bond donors (Lipinski definition) is 2. The van der Waals surface area contributed by atoms with Crippen LogP contribution in [0, 0.1) is 0 Å². The number of β-amino-alcohol motifs (C(OH)–C–C–N with tert-alkyl or cyclic N) is 1. The van der Waals surface area contributed by atoms with Crippen LogP contribution in [-0.2, 0) is 0 Å². The van der Waals surface area contributed by atoms with Gasteiger partial charge < -0.3 is 10.4 Å². The minimum atomic E-state index is -0.521. The minimum Gasteiger partial charge on any atom is -0.389 e. The van der Waals surface area contributed by atoms with Gasteiger partial charge in [-0.2, -0.15) is 0 Å². The average molecular weight is 187 g/mol. The fourth-order valence-electron chi connectivity index (χ4n) is 1.03. The quantitative estimate of drug-likeness (QED) is 0.669. The van der Waals surface area contributed by atoms with E-state index < -0.39 is 5.60 Å². The summed E-state index contributed by atoms with van der Waals surface area (Å²) in [5.41, 5.74) is -0.384. The lowest BCUT2D eigenvalue weighted by atomic mass is 9.94. The van der Waals surface area contributed by atoms with E-state index in [9.17, 15) is 5.11 Å². The molecular formula is C11H25NO. The van der Waals surface area contributed by atoms with Crippen molar-refractivity contribution in [3.8, 4) is 0 Å². The molecule has 0 saturated heterocycles. The third kappa shape index (κ3) is 4.63. The van der Waals surface area contributed by atoms with Gasteiger partial charge in [0.25, 0.3) is 0 Å². The molecule has 0 aliphatic rings. The van der Waals surface area contributed by atoms with Crippen LogP contribution in [0.3, 0.4) is 0 Å². The fourth-order valence-corrected chi connectivity index (χ4v) is 1.03. The molecule has 0 aliphatic carbocycles. The summed E-state index contributed by atoms with van der Waals surface area (Å²) in [5, 5.41) is 13.4. The topological polar surface area (TPSA) is 32.3 Å². The highest BCUT2D eigenvalue weighted by atomic mass is 16.3. The molecule has 0 atom stereocenters. The van der Waals surface area contributed by atoms with Gasteiger partial charge in [0.05, 0.1) is 5.60 Å². The normalized spacial score (nSPS) is 13.4. The van der Waals surface area contributed by atoms with E-state index in [0.29, 0.717) is 6.54 Å². The molecule has 0 radical (unpaired) electrons. The zero-order valence-corrected chi connectivity index (χ0v) is 9.78. The summed E-state index contributed by atoms with van der Waals surface area (Å²) in [4.78, 5) is 0. The fraction of sp³-hybridized carbons (Fsp3) is 1.00. The third-order valence-electron chi connectivity index (χ3n) is 3.10. The minimum absolute atomic E-state index is 0.137. The Kier molecular flexibility index (Phi) is 4.93. The lowest BCUT2D eigenvalue weighted by Gasteiger charge is -2.32. The second kappa shape index (κ2) is 4.97. The van der Waals surface area contributed by atoms with Gasteiger partial charge in [0.1, 0.15) is 0 Å². The van der Waals surface area contributed by atoms with Crippen LogP contribution in [0.2, 0.25) is 0 Å². The Morgan fingerprint density at radius 3 is 1.77 bits per heavy atom. The summed E-state index contributed by atoms with van der Waals surface area (Å²) in [6.45, 7) is 11.2. The molecule has 0 aromatic carbocycles. The Hall–Kier alpha value is -0.0800. The van der Waals surface area contributed by atoms with Crippen molar-refractivity contribution in [3.05, 3.63) is 0 Å². The van der Waals surface area contributed by atoms with Gasteiger partial charge in [0, 0.05) is 12.1 Å². The Labute approximate surface area is 82.7 Å². The molecule has 13 heavy (non-hydrogen) atoms. The SMILES string of the molecule is CCC(O)(CC)CNC(C)(C)CC. The van der Waals surface area contributed by atoms with E-state index in [1.54, 1.807) is 0 Å². The molecule has 0 unspecified atom stereocenters. The van der Waals surface area contributed by atoms with Gasteiger partial charge in [-0.05, 0) is 33.1 Å². The number of rotatable bonds is 6. The Balaban J connectivity index is 3.99. The highest BCUT2D eigenvalue weighted by Gasteiger charge is 2.25. The van der Waals surface area contributed by atoms with Crippen molar-refractivity contribution in [1.29, 1.82) is 0 Å². The van der Waals surface area contributed by atoms with Gasteiger partial charge in [0.15, 0.2) is 0 Å². The Morgan fingerprint density at radius 2 is 1.46 bits per heavy atom. The van der Waals surface area contributed by atoms with Gasteiger partial charge in [-0.15, -0.1) is 0 Å². The largest absolute Gasteiger partial charge is 0.389 e. The van der Waals surface area contributed by atoms with Crippen LogP contribution in [0.15, 0.2) is 0 Å². The van der Waals surface area contributed by atoms with Crippen molar-refractivity contribution < 1.29 is 5.11 Å². The Morgan fingerprint density at radius 1 is 1.00 bits per heavy atom. The van der Waals surface area contributed by atoms with E-state index in [-0.39, 0.29) is 5.54 Å². The average Bonchev–Trinajstić information content (AvgIpc) is 2.14. The molecule has 0 aliphatic heterocycles. The molecule has 0 saturated carbocycles. The van der Waals surface area contributed by atoms with Crippen LogP contribution in [0.5, 0.6) is 0 Å². The third-order valence-corrected chi connectivity index (χ3v) is 3.10. The van der Waals surface area contributed by atoms with E-state index in [1.165, 1.54) is 0 Å². The van der Waals surface area contributed by atoms with E-state index in [2.05, 4.69) is 26.1 Å². The molecule has 2 heteroatoms. The summed E-state index contributed by atoms with van der Waals surface area (Å²) >= 11 is 0. The molecule has 0 fully saturated rings. The second-order valence-corrected chi connectivity index (χ2v) is 4.52. The summed E-state index contributed by atoms with van der Waals surface area (Å²) in [7, 11) is 0. The molecule has 0 bridgehead atoms. The standard InChI is InChI=1S/C11H25NO/c1-6-10(4,5)12-9-11(13,7-2)8-3/h12-13H,6-9H2,1-5H3. The van der Waals surface area contributed by atoms with Crippen LogP contribution in [-0.4, -0.2) is 22.8 Å². The zero-order chi connectivity index (χ0) is 10.5. The first kappa shape index (κ1) is 12.9. The first-order valence-corrected chi connectivity index (χ1v) is 5.36. The molecule has 80 valence electrons. The lowest BCUT2D eigenvalue weighted by Crippen LogP contribution is -2.48. The lowest BCUT2D eigenvalue weighted by molar-refractivity contribution is 0.0257. The molecular weight excluding hydrogens is 162 g/mol. The summed E-state index contributed by atoms with van der Waals surface area (Å²) in [6.07, 6.45) is 2.71. The van der Waals surface area contributed by atoms with Crippen LogP contribution >= 0.6 is 0 Å². The zero-order valence-electron chi connectivity index (χ0n) is 9.78. The smallest absolute Gasteiger partial charge is 0.0766 e. The molecule has 0 heterocycles. The van der Waals surface area contributed by atoms with Crippen LogP contribution < -0.4 is 5.32 Å². The van der Waals surface area contributed by atoms with E-state index in [1.807, 2.05) is 13.8 Å². The monoisotopic (exact) mass is 187 g/mol. The van der Waals surface area contributed by atoms with Crippen LogP contribution in [0.25, 0.3) is 0 Å². The van der Waals surface area contributed by atoms with Gasteiger partial charge in [-0.1, -0.05) is 20.8 Å². The van der Waals surface area contributed by atoms with Crippen molar-refractivity contribution in [2.75, 3.05) is 6.54 Å². The molecule has 2 nitrogen and oxygen atoms in total. The maximum Gasteiger partial charge on any atom is 0.0766 e. The Bertz CT molecular complexity index is 139. The number of hydrogen-bond acceptors (Lipinski definition) is 2. The second-order valence-electron chi connectivity index (χ2n) is 4.52.